The number of aliphatic carboxylic acids is 1. The summed E-state index contributed by atoms with van der Waals surface area (Å²) in [6.45, 7) is 4.68. The number of benzene rings is 3. The maximum absolute atomic E-state index is 14.0. The average molecular weight is 563 g/mol. The van der Waals surface area contributed by atoms with Gasteiger partial charge in [0.15, 0.2) is 11.5 Å². The van der Waals surface area contributed by atoms with Gasteiger partial charge in [0.25, 0.3) is 0 Å². The molecule has 0 spiro atoms. The number of anilines is 1. The van der Waals surface area contributed by atoms with Crippen molar-refractivity contribution >= 4 is 17.6 Å². The van der Waals surface area contributed by atoms with E-state index in [1.54, 1.807) is 49.3 Å². The molecule has 3 unspecified atom stereocenters. The minimum absolute atomic E-state index is 0.00165. The number of aryl methyl sites for hydroxylation is 1. The van der Waals surface area contributed by atoms with E-state index in [9.17, 15) is 19.1 Å². The zero-order chi connectivity index (χ0) is 29.1. The number of amides is 1. The first kappa shape index (κ1) is 28.4. The van der Waals surface area contributed by atoms with Gasteiger partial charge in [0, 0.05) is 30.7 Å². The third-order valence-corrected chi connectivity index (χ3v) is 7.99. The number of carbonyl (C=O) groups is 2. The van der Waals surface area contributed by atoms with E-state index < -0.39 is 23.8 Å². The SMILES string of the molecule is CCCCN(C(=O)CN1CC(c2ccc3c(c2)OCO3)C(C(=O)O)C1c1ccc(OC)cc1)c1ccc(F)c(C)c1. The molecule has 0 saturated carbocycles. The number of methoxy groups -OCH3 is 1. The molecule has 8 nitrogen and oxygen atoms in total. The van der Waals surface area contributed by atoms with Gasteiger partial charge >= 0.3 is 5.97 Å². The Labute approximate surface area is 239 Å². The number of carboxylic acids is 1. The van der Waals surface area contributed by atoms with Crippen LogP contribution in [0.2, 0.25) is 0 Å². The Balaban J connectivity index is 1.51. The number of hydrogen-bond donors (Lipinski definition) is 1. The first-order valence-electron chi connectivity index (χ1n) is 13.9. The molecule has 0 radical (unpaired) electrons. The van der Waals surface area contributed by atoms with E-state index >= 15 is 0 Å². The van der Waals surface area contributed by atoms with Crippen LogP contribution in [0.5, 0.6) is 17.2 Å². The topological polar surface area (TPSA) is 88.5 Å². The molecule has 9 heteroatoms. The van der Waals surface area contributed by atoms with Gasteiger partial charge in [-0.25, -0.2) is 4.39 Å². The van der Waals surface area contributed by atoms with Crippen molar-refractivity contribution in [2.45, 2.75) is 38.6 Å². The Morgan fingerprint density at radius 3 is 2.46 bits per heavy atom. The summed E-state index contributed by atoms with van der Waals surface area (Å²) in [6.07, 6.45) is 1.66. The van der Waals surface area contributed by atoms with Crippen molar-refractivity contribution in [3.63, 3.8) is 0 Å². The van der Waals surface area contributed by atoms with E-state index in [0.29, 0.717) is 41.6 Å². The number of nitrogens with zero attached hydrogens (tertiary/aromatic N) is 2. The highest BCUT2D eigenvalue weighted by Crippen LogP contribution is 2.48. The fourth-order valence-electron chi connectivity index (χ4n) is 5.84. The van der Waals surface area contributed by atoms with E-state index in [-0.39, 0.29) is 25.1 Å². The van der Waals surface area contributed by atoms with Crippen molar-refractivity contribution in [3.05, 3.63) is 83.2 Å². The summed E-state index contributed by atoms with van der Waals surface area (Å²) in [6, 6.07) is 17.0. The minimum Gasteiger partial charge on any atom is -0.497 e. The molecule has 3 aromatic carbocycles. The quantitative estimate of drug-likeness (QED) is 0.347. The second kappa shape index (κ2) is 12.2. The smallest absolute Gasteiger partial charge is 0.309 e. The summed E-state index contributed by atoms with van der Waals surface area (Å²) < 4.78 is 30.4. The van der Waals surface area contributed by atoms with Gasteiger partial charge in [0.2, 0.25) is 12.7 Å². The Bertz CT molecular complexity index is 1410. The lowest BCUT2D eigenvalue weighted by molar-refractivity contribution is -0.143. The third-order valence-electron chi connectivity index (χ3n) is 7.99. The van der Waals surface area contributed by atoms with Crippen LogP contribution in [-0.2, 0) is 9.59 Å². The van der Waals surface area contributed by atoms with E-state index in [0.717, 1.165) is 24.0 Å². The molecule has 5 rings (SSSR count). The number of unbranched alkanes of at least 4 members (excludes halogenated alkanes) is 1. The molecule has 1 saturated heterocycles. The van der Waals surface area contributed by atoms with Gasteiger partial charge in [0.05, 0.1) is 19.6 Å². The van der Waals surface area contributed by atoms with E-state index in [1.807, 2.05) is 36.1 Å². The molecular formula is C32H35FN2O6. The Morgan fingerprint density at radius 1 is 1.05 bits per heavy atom. The minimum atomic E-state index is -0.944. The zero-order valence-corrected chi connectivity index (χ0v) is 23.5. The molecule has 0 aliphatic carbocycles. The summed E-state index contributed by atoms with van der Waals surface area (Å²) >= 11 is 0. The number of ether oxygens (including phenoxy) is 3. The molecule has 0 aromatic heterocycles. The standard InChI is InChI=1S/C32H35FN2O6/c1-4-5-14-35(23-9-12-26(33)20(2)15-23)29(36)18-34-17-25(22-8-13-27-28(16-22)41-19-40-27)30(32(37)38)31(34)21-6-10-24(39-3)11-7-21/h6-13,15-16,25,30-31H,4-5,14,17-19H2,1-3H3,(H,37,38). The lowest BCUT2D eigenvalue weighted by Gasteiger charge is -2.30. The predicted octanol–water partition coefficient (Wildman–Crippen LogP) is 5.55. The summed E-state index contributed by atoms with van der Waals surface area (Å²) in [5.41, 5.74) is 2.69. The van der Waals surface area contributed by atoms with Crippen molar-refractivity contribution in [2.24, 2.45) is 5.92 Å². The number of fused-ring (bicyclic) bond motifs is 1. The molecule has 0 bridgehead atoms. The van der Waals surface area contributed by atoms with Crippen LogP contribution >= 0.6 is 0 Å². The number of likely N-dealkylation sites (tertiary alicyclic amines) is 1. The summed E-state index contributed by atoms with van der Waals surface area (Å²) in [5, 5.41) is 10.5. The van der Waals surface area contributed by atoms with Crippen LogP contribution in [0.25, 0.3) is 0 Å². The Morgan fingerprint density at radius 2 is 1.78 bits per heavy atom. The molecular weight excluding hydrogens is 527 g/mol. The lowest BCUT2D eigenvalue weighted by Crippen LogP contribution is -2.41. The molecule has 1 amide bonds. The largest absolute Gasteiger partial charge is 0.497 e. The molecule has 41 heavy (non-hydrogen) atoms. The number of rotatable bonds is 10. The first-order valence-corrected chi connectivity index (χ1v) is 13.9. The second-order valence-electron chi connectivity index (χ2n) is 10.6. The van der Waals surface area contributed by atoms with Gasteiger partial charge in [-0.15, -0.1) is 0 Å². The van der Waals surface area contributed by atoms with Crippen LogP contribution in [0.1, 0.15) is 48.4 Å². The van der Waals surface area contributed by atoms with Gasteiger partial charge in [-0.2, -0.15) is 0 Å². The Kier molecular flexibility index (Phi) is 8.44. The highest BCUT2D eigenvalue weighted by molar-refractivity contribution is 5.95. The van der Waals surface area contributed by atoms with E-state index in [4.69, 9.17) is 14.2 Å². The molecule has 2 aliphatic heterocycles. The molecule has 2 aliphatic rings. The monoisotopic (exact) mass is 562 g/mol. The number of carboxylic acid groups (broad SMARTS) is 1. The van der Waals surface area contributed by atoms with Gasteiger partial charge in [-0.3, -0.25) is 14.5 Å². The number of hydrogen-bond acceptors (Lipinski definition) is 6. The third kappa shape index (κ3) is 5.86. The maximum Gasteiger partial charge on any atom is 0.309 e. The van der Waals surface area contributed by atoms with E-state index in [2.05, 4.69) is 0 Å². The fraction of sp³-hybridized carbons (Fsp3) is 0.375. The zero-order valence-electron chi connectivity index (χ0n) is 23.5. The number of carbonyl (C=O) groups excluding carboxylic acids is 1. The molecule has 216 valence electrons. The summed E-state index contributed by atoms with van der Waals surface area (Å²) in [4.78, 5) is 30.5. The van der Waals surface area contributed by atoms with Gasteiger partial charge in [-0.05, 0) is 72.5 Å². The van der Waals surface area contributed by atoms with Crippen LogP contribution in [0.15, 0.2) is 60.7 Å². The number of halogens is 1. The predicted molar refractivity (Wildman–Crippen MR) is 152 cm³/mol. The van der Waals surface area contributed by atoms with Gasteiger partial charge in [0.1, 0.15) is 11.6 Å². The van der Waals surface area contributed by atoms with Crippen molar-refractivity contribution in [1.82, 2.24) is 4.90 Å². The molecule has 3 atom stereocenters. The van der Waals surface area contributed by atoms with Crippen LogP contribution in [0, 0.1) is 18.7 Å². The highest BCUT2D eigenvalue weighted by atomic mass is 19.1. The van der Waals surface area contributed by atoms with Crippen LogP contribution in [-0.4, -0.2) is 55.4 Å². The highest BCUT2D eigenvalue weighted by Gasteiger charge is 2.48. The molecule has 1 N–H and O–H groups in total. The maximum atomic E-state index is 14.0. The van der Waals surface area contributed by atoms with Gasteiger partial charge < -0.3 is 24.2 Å². The molecule has 1 fully saturated rings. The van der Waals surface area contributed by atoms with Crippen molar-refractivity contribution < 1.29 is 33.3 Å². The van der Waals surface area contributed by atoms with Crippen molar-refractivity contribution in [3.8, 4) is 17.2 Å². The molecule has 3 aromatic rings. The summed E-state index contributed by atoms with van der Waals surface area (Å²) in [7, 11) is 1.58. The Hall–Kier alpha value is -4.11. The van der Waals surface area contributed by atoms with Gasteiger partial charge in [-0.1, -0.05) is 31.5 Å². The fourth-order valence-corrected chi connectivity index (χ4v) is 5.84. The first-order chi connectivity index (χ1) is 19.8. The second-order valence-corrected chi connectivity index (χ2v) is 10.6. The summed E-state index contributed by atoms with van der Waals surface area (Å²) in [5.74, 6) is -0.803. The normalized spacial score (nSPS) is 19.8. The molecule has 2 heterocycles. The average Bonchev–Trinajstić information content (AvgIpc) is 3.59. The van der Waals surface area contributed by atoms with Crippen molar-refractivity contribution in [2.75, 3.05) is 38.4 Å². The van der Waals surface area contributed by atoms with Crippen LogP contribution in [0.4, 0.5) is 10.1 Å². The lowest BCUT2D eigenvalue weighted by atomic mass is 9.82. The van der Waals surface area contributed by atoms with E-state index in [1.165, 1.54) is 6.07 Å². The van der Waals surface area contributed by atoms with Crippen molar-refractivity contribution in [1.29, 1.82) is 0 Å². The van der Waals surface area contributed by atoms with Crippen LogP contribution in [0.3, 0.4) is 0 Å². The van der Waals surface area contributed by atoms with Crippen LogP contribution < -0.4 is 19.1 Å².